The van der Waals surface area contributed by atoms with Gasteiger partial charge in [0, 0.05) is 7.05 Å². The smallest absolute Gasteiger partial charge is 0.173 e. The van der Waals surface area contributed by atoms with Crippen LogP contribution in [0, 0.1) is 5.41 Å². The molecule has 0 saturated carbocycles. The van der Waals surface area contributed by atoms with Crippen LogP contribution in [0.5, 0.6) is 0 Å². The lowest BCUT2D eigenvalue weighted by Crippen LogP contribution is -2.21. The van der Waals surface area contributed by atoms with Crippen LogP contribution in [-0.2, 0) is 7.05 Å². The highest BCUT2D eigenvalue weighted by Crippen LogP contribution is 2.10. The van der Waals surface area contributed by atoms with E-state index in [-0.39, 0.29) is 5.49 Å². The number of aryl methyl sites for hydroxylation is 1. The third kappa shape index (κ3) is 0.797. The quantitative estimate of drug-likeness (QED) is 0.573. The fourth-order valence-corrected chi connectivity index (χ4v) is 1.48. The van der Waals surface area contributed by atoms with E-state index in [1.54, 1.807) is 7.05 Å². The Balaban J connectivity index is 3.07. The second-order valence-electron chi connectivity index (χ2n) is 2.32. The lowest BCUT2D eigenvalue weighted by Gasteiger charge is -1.98. The molecule has 62 valence electrons. The first-order chi connectivity index (χ1) is 5.70. The fourth-order valence-electron chi connectivity index (χ4n) is 0.924. The molecule has 0 aromatic carbocycles. The Bertz CT molecular complexity index is 482. The van der Waals surface area contributed by atoms with Gasteiger partial charge in [-0.2, -0.15) is 13.8 Å². The molecule has 0 atom stereocenters. The molecule has 2 rings (SSSR count). The van der Waals surface area contributed by atoms with E-state index in [0.717, 1.165) is 11.7 Å². The van der Waals surface area contributed by atoms with Gasteiger partial charge < -0.3 is 5.73 Å². The van der Waals surface area contributed by atoms with Crippen LogP contribution >= 0.6 is 11.7 Å². The van der Waals surface area contributed by atoms with Gasteiger partial charge in [0.05, 0.1) is 11.7 Å². The molecule has 3 N–H and O–H groups in total. The van der Waals surface area contributed by atoms with Crippen molar-refractivity contribution in [3.63, 3.8) is 0 Å². The molecule has 0 amide bonds. The van der Waals surface area contributed by atoms with Crippen molar-refractivity contribution in [3.05, 3.63) is 5.49 Å². The molecule has 0 unspecified atom stereocenters. The van der Waals surface area contributed by atoms with Crippen LogP contribution in [-0.4, -0.2) is 18.5 Å². The molecule has 2 heterocycles. The minimum Gasteiger partial charge on any atom is -0.380 e. The van der Waals surface area contributed by atoms with E-state index in [4.69, 9.17) is 11.1 Å². The molecule has 2 aromatic rings. The number of anilines is 1. The Morgan fingerprint density at radius 2 is 2.08 bits per heavy atom. The Morgan fingerprint density at radius 1 is 1.42 bits per heavy atom. The summed E-state index contributed by atoms with van der Waals surface area (Å²) in [6, 6.07) is 0. The fraction of sp³-hybridized carbons (Fsp3) is 0.200. The van der Waals surface area contributed by atoms with E-state index >= 15 is 0 Å². The third-order valence-corrected chi connectivity index (χ3v) is 2.07. The molecule has 7 heteroatoms. The molecular formula is C5H6N6S. The van der Waals surface area contributed by atoms with Crippen molar-refractivity contribution in [1.29, 1.82) is 5.41 Å². The average molecular weight is 182 g/mol. The van der Waals surface area contributed by atoms with Crippen molar-refractivity contribution in [3.8, 4) is 0 Å². The van der Waals surface area contributed by atoms with E-state index in [2.05, 4.69) is 13.8 Å². The van der Waals surface area contributed by atoms with Gasteiger partial charge in [-0.05, 0) is 0 Å². The summed E-state index contributed by atoms with van der Waals surface area (Å²) >= 11 is 1.04. The summed E-state index contributed by atoms with van der Waals surface area (Å²) in [7, 11) is 1.65. The molecule has 6 nitrogen and oxygen atoms in total. The molecule has 0 aliphatic carbocycles. The zero-order valence-electron chi connectivity index (χ0n) is 6.27. The van der Waals surface area contributed by atoms with Crippen LogP contribution < -0.4 is 11.2 Å². The third-order valence-electron chi connectivity index (χ3n) is 1.54. The first-order valence-corrected chi connectivity index (χ1v) is 3.93. The van der Waals surface area contributed by atoms with Gasteiger partial charge in [0.15, 0.2) is 22.3 Å². The van der Waals surface area contributed by atoms with Gasteiger partial charge in [-0.15, -0.1) is 0 Å². The van der Waals surface area contributed by atoms with Gasteiger partial charge in [-0.3, -0.25) is 5.41 Å². The highest BCUT2D eigenvalue weighted by atomic mass is 32.1. The number of aromatic nitrogens is 4. The minimum atomic E-state index is 0.230. The van der Waals surface area contributed by atoms with Crippen LogP contribution in [0.3, 0.4) is 0 Å². The standard InChI is InChI=1S/C5H6N6S/c1-11-5(7)3-2(4(6)8-11)9-12-10-3/h7H,1H3,(H2,6,8). The first kappa shape index (κ1) is 7.17. The van der Waals surface area contributed by atoms with Crippen LogP contribution in [0.2, 0.25) is 0 Å². The number of hydrogen-bond donors (Lipinski definition) is 2. The van der Waals surface area contributed by atoms with Crippen molar-refractivity contribution >= 4 is 28.6 Å². The van der Waals surface area contributed by atoms with E-state index in [1.807, 2.05) is 0 Å². The number of nitrogens with zero attached hydrogens (tertiary/aromatic N) is 4. The summed E-state index contributed by atoms with van der Waals surface area (Å²) in [5, 5.41) is 11.4. The SMILES string of the molecule is Cn1nc(N)c2nsnc2c1=N. The summed E-state index contributed by atoms with van der Waals surface area (Å²) in [6.45, 7) is 0. The molecule has 0 aliphatic rings. The largest absolute Gasteiger partial charge is 0.380 e. The molecule has 0 spiro atoms. The molecule has 12 heavy (non-hydrogen) atoms. The van der Waals surface area contributed by atoms with Crippen molar-refractivity contribution in [2.75, 3.05) is 5.73 Å². The number of fused-ring (bicyclic) bond motifs is 1. The normalized spacial score (nSPS) is 10.8. The van der Waals surface area contributed by atoms with Crippen molar-refractivity contribution in [2.24, 2.45) is 7.05 Å². The van der Waals surface area contributed by atoms with Gasteiger partial charge in [-0.1, -0.05) is 0 Å². The highest BCUT2D eigenvalue weighted by molar-refractivity contribution is 7.00. The zero-order chi connectivity index (χ0) is 8.72. The van der Waals surface area contributed by atoms with Crippen molar-refractivity contribution in [1.82, 2.24) is 18.5 Å². The maximum absolute atomic E-state index is 7.55. The molecule has 0 bridgehead atoms. The molecular weight excluding hydrogens is 176 g/mol. The lowest BCUT2D eigenvalue weighted by atomic mass is 10.4. The second kappa shape index (κ2) is 2.24. The van der Waals surface area contributed by atoms with E-state index in [9.17, 15) is 0 Å². The molecule has 2 aromatic heterocycles. The van der Waals surface area contributed by atoms with Gasteiger partial charge in [0.2, 0.25) is 0 Å². The van der Waals surface area contributed by atoms with Gasteiger partial charge in [-0.25, -0.2) is 4.68 Å². The molecule has 0 saturated heterocycles. The van der Waals surface area contributed by atoms with Gasteiger partial charge >= 0.3 is 0 Å². The van der Waals surface area contributed by atoms with Crippen LogP contribution in [0.15, 0.2) is 0 Å². The second-order valence-corrected chi connectivity index (χ2v) is 2.85. The Labute approximate surface area is 71.5 Å². The number of hydrogen-bond acceptors (Lipinski definition) is 6. The van der Waals surface area contributed by atoms with Crippen LogP contribution in [0.4, 0.5) is 5.82 Å². The molecule has 0 fully saturated rings. The number of nitrogen functional groups attached to an aromatic ring is 1. The van der Waals surface area contributed by atoms with Crippen molar-refractivity contribution < 1.29 is 0 Å². The summed E-state index contributed by atoms with van der Waals surface area (Å²) < 4.78 is 9.25. The Kier molecular flexibility index (Phi) is 1.34. The monoisotopic (exact) mass is 182 g/mol. The summed E-state index contributed by atoms with van der Waals surface area (Å²) in [6.07, 6.45) is 0. The van der Waals surface area contributed by atoms with E-state index in [1.165, 1.54) is 4.68 Å². The lowest BCUT2D eigenvalue weighted by molar-refractivity contribution is 0.697. The maximum Gasteiger partial charge on any atom is 0.173 e. The topological polar surface area (TPSA) is 93.5 Å². The van der Waals surface area contributed by atoms with Crippen LogP contribution in [0.25, 0.3) is 11.0 Å². The predicted octanol–water partition coefficient (Wildman–Crippen LogP) is -0.514. The Morgan fingerprint density at radius 3 is 2.83 bits per heavy atom. The van der Waals surface area contributed by atoms with E-state index < -0.39 is 0 Å². The zero-order valence-corrected chi connectivity index (χ0v) is 7.09. The van der Waals surface area contributed by atoms with E-state index in [0.29, 0.717) is 16.9 Å². The molecule has 0 radical (unpaired) electrons. The predicted molar refractivity (Wildman–Crippen MR) is 44.4 cm³/mol. The number of nitrogens with two attached hydrogens (primary N) is 1. The minimum absolute atomic E-state index is 0.230. The highest BCUT2D eigenvalue weighted by Gasteiger charge is 2.07. The van der Waals surface area contributed by atoms with Crippen LogP contribution in [0.1, 0.15) is 0 Å². The number of nitrogens with one attached hydrogen (secondary N) is 1. The average Bonchev–Trinajstić information content (AvgIpc) is 2.48. The van der Waals surface area contributed by atoms with Gasteiger partial charge in [0.1, 0.15) is 0 Å². The Hall–Kier alpha value is -1.50. The number of rotatable bonds is 0. The summed E-state index contributed by atoms with van der Waals surface area (Å²) in [4.78, 5) is 0. The first-order valence-electron chi connectivity index (χ1n) is 3.20. The molecule has 0 aliphatic heterocycles. The maximum atomic E-state index is 7.55. The van der Waals surface area contributed by atoms with Crippen molar-refractivity contribution in [2.45, 2.75) is 0 Å². The summed E-state index contributed by atoms with van der Waals surface area (Å²) in [5.41, 5.74) is 6.81. The summed E-state index contributed by atoms with van der Waals surface area (Å²) in [5.74, 6) is 0.317. The van der Waals surface area contributed by atoms with Gasteiger partial charge in [0.25, 0.3) is 0 Å².